The quantitative estimate of drug-likeness (QED) is 0.0261. The summed E-state index contributed by atoms with van der Waals surface area (Å²) in [7, 11) is 0. The van der Waals surface area contributed by atoms with Crippen LogP contribution in [0.4, 0.5) is 0 Å². The van der Waals surface area contributed by atoms with E-state index in [2.05, 4.69) is 81.5 Å². The molecule has 0 saturated carbocycles. The number of hydrogen-bond donors (Lipinski definition) is 0. The van der Waals surface area contributed by atoms with Crippen molar-refractivity contribution in [2.24, 2.45) is 0 Å². The van der Waals surface area contributed by atoms with E-state index in [1.807, 2.05) is 0 Å². The monoisotopic (exact) mass is 1020 g/mol. The molecule has 0 rings (SSSR count). The van der Waals surface area contributed by atoms with Gasteiger partial charge in [-0.1, -0.05) is 287 Å². The molecule has 6 heteroatoms. The summed E-state index contributed by atoms with van der Waals surface area (Å²) in [6, 6.07) is 0. The summed E-state index contributed by atoms with van der Waals surface area (Å²) in [5.74, 6) is -0.931. The zero-order chi connectivity index (χ0) is 52.9. The molecule has 0 aliphatic carbocycles. The third-order valence-corrected chi connectivity index (χ3v) is 14.0. The molecule has 0 spiro atoms. The molecule has 0 aromatic carbocycles. The lowest BCUT2D eigenvalue weighted by molar-refractivity contribution is -0.167. The van der Waals surface area contributed by atoms with Crippen molar-refractivity contribution in [3.8, 4) is 0 Å². The van der Waals surface area contributed by atoms with Gasteiger partial charge in [-0.05, 0) is 83.5 Å². The Hall–Kier alpha value is -2.89. The Balaban J connectivity index is 4.41. The first-order valence-electron chi connectivity index (χ1n) is 31.8. The maximum absolute atomic E-state index is 12.9. The molecule has 0 aromatic rings. The number of ether oxygens (including phenoxy) is 3. The molecule has 73 heavy (non-hydrogen) atoms. The number of carbonyl (C=O) groups is 3. The first kappa shape index (κ1) is 70.1. The molecule has 0 aliphatic rings. The van der Waals surface area contributed by atoms with Crippen molar-refractivity contribution in [3.05, 3.63) is 60.8 Å². The number of allylic oxidation sites excluding steroid dienone is 10. The lowest BCUT2D eigenvalue weighted by Gasteiger charge is -2.18. The summed E-state index contributed by atoms with van der Waals surface area (Å²) >= 11 is 0. The molecule has 0 saturated heterocycles. The predicted molar refractivity (Wildman–Crippen MR) is 316 cm³/mol. The fourth-order valence-corrected chi connectivity index (χ4v) is 9.20. The number of unbranched alkanes of at least 4 members (excludes halogenated alkanes) is 37. The standard InChI is InChI=1S/C67H120O6/c1-4-7-10-13-16-19-22-25-28-31-33-36-39-42-45-48-51-54-57-60-66(69)72-63-64(62-71-65(68)59-56-53-50-47-44-41-38-35-30-27-24-21-18-15-12-9-6-3)73-67(70)61-58-55-52-49-46-43-40-37-34-32-29-26-23-20-17-14-11-8-5-2/h18,21,25,27-28,30,38,41,47,50,64H,4-17,19-20,22-24,26,29,31-37,39-40,42-46,48-49,51-63H2,1-3H3/b21-18-,28-25-,30-27-,41-38-,50-47-/t64-/m1/s1. The highest BCUT2D eigenvalue weighted by Gasteiger charge is 2.19. The number of carbonyl (C=O) groups excluding carboxylic acids is 3. The van der Waals surface area contributed by atoms with Gasteiger partial charge in [-0.2, -0.15) is 0 Å². The second-order valence-corrected chi connectivity index (χ2v) is 21.3. The van der Waals surface area contributed by atoms with Crippen LogP contribution in [0.1, 0.15) is 329 Å². The fourth-order valence-electron chi connectivity index (χ4n) is 9.20. The van der Waals surface area contributed by atoms with E-state index in [-0.39, 0.29) is 37.5 Å². The smallest absolute Gasteiger partial charge is 0.306 e. The lowest BCUT2D eigenvalue weighted by Crippen LogP contribution is -2.30. The summed E-state index contributed by atoms with van der Waals surface area (Å²) in [5, 5.41) is 0. The first-order valence-corrected chi connectivity index (χ1v) is 31.8. The second kappa shape index (κ2) is 61.7. The van der Waals surface area contributed by atoms with Crippen LogP contribution in [0.5, 0.6) is 0 Å². The summed E-state index contributed by atoms with van der Waals surface area (Å²) in [6.45, 7) is 6.61. The van der Waals surface area contributed by atoms with E-state index in [0.717, 1.165) is 64.2 Å². The molecule has 0 aromatic heterocycles. The highest BCUT2D eigenvalue weighted by atomic mass is 16.6. The van der Waals surface area contributed by atoms with Gasteiger partial charge in [0.05, 0.1) is 0 Å². The number of rotatable bonds is 58. The molecular formula is C67H120O6. The average Bonchev–Trinajstić information content (AvgIpc) is 3.39. The molecule has 0 fully saturated rings. The molecule has 0 heterocycles. The summed E-state index contributed by atoms with van der Waals surface area (Å²) in [5.41, 5.74) is 0. The largest absolute Gasteiger partial charge is 0.462 e. The summed E-state index contributed by atoms with van der Waals surface area (Å²) < 4.78 is 16.9. The van der Waals surface area contributed by atoms with Gasteiger partial charge in [0, 0.05) is 19.3 Å². The highest BCUT2D eigenvalue weighted by molar-refractivity contribution is 5.71. The summed E-state index contributed by atoms with van der Waals surface area (Å²) in [6.07, 6.45) is 78.0. The maximum atomic E-state index is 12.9. The minimum absolute atomic E-state index is 0.0891. The van der Waals surface area contributed by atoms with Crippen LogP contribution in [0.15, 0.2) is 60.8 Å². The van der Waals surface area contributed by atoms with Crippen LogP contribution >= 0.6 is 0 Å². The molecule has 0 amide bonds. The normalized spacial score (nSPS) is 12.4. The lowest BCUT2D eigenvalue weighted by atomic mass is 10.0. The zero-order valence-corrected chi connectivity index (χ0v) is 48.7. The topological polar surface area (TPSA) is 78.9 Å². The van der Waals surface area contributed by atoms with Crippen LogP contribution in [-0.4, -0.2) is 37.2 Å². The van der Waals surface area contributed by atoms with Crippen molar-refractivity contribution in [1.82, 2.24) is 0 Å². The predicted octanol–water partition coefficient (Wildman–Crippen LogP) is 21.6. The van der Waals surface area contributed by atoms with Crippen LogP contribution in [-0.2, 0) is 28.6 Å². The minimum atomic E-state index is -0.796. The van der Waals surface area contributed by atoms with Crippen LogP contribution in [0, 0.1) is 0 Å². The third-order valence-electron chi connectivity index (χ3n) is 14.0. The molecule has 0 unspecified atom stereocenters. The molecule has 424 valence electrons. The molecule has 0 aliphatic heterocycles. The van der Waals surface area contributed by atoms with Crippen molar-refractivity contribution >= 4 is 17.9 Å². The van der Waals surface area contributed by atoms with Crippen LogP contribution in [0.2, 0.25) is 0 Å². The van der Waals surface area contributed by atoms with E-state index in [4.69, 9.17) is 14.2 Å². The Morgan fingerprint density at radius 3 is 0.863 bits per heavy atom. The van der Waals surface area contributed by atoms with E-state index in [9.17, 15) is 14.4 Å². The van der Waals surface area contributed by atoms with Crippen molar-refractivity contribution in [3.63, 3.8) is 0 Å². The molecule has 6 nitrogen and oxygen atoms in total. The molecule has 0 bridgehead atoms. The van der Waals surface area contributed by atoms with Gasteiger partial charge in [-0.15, -0.1) is 0 Å². The Bertz CT molecular complexity index is 1310. The molecular weight excluding hydrogens is 901 g/mol. The Morgan fingerprint density at radius 2 is 0.507 bits per heavy atom. The van der Waals surface area contributed by atoms with E-state index in [1.165, 1.54) is 218 Å². The van der Waals surface area contributed by atoms with Gasteiger partial charge in [-0.3, -0.25) is 14.4 Å². The Kier molecular flexibility index (Phi) is 59.2. The van der Waals surface area contributed by atoms with Crippen LogP contribution in [0.25, 0.3) is 0 Å². The number of esters is 3. The zero-order valence-electron chi connectivity index (χ0n) is 48.7. The molecule has 1 atom stereocenters. The van der Waals surface area contributed by atoms with E-state index in [0.29, 0.717) is 19.3 Å². The maximum Gasteiger partial charge on any atom is 0.306 e. The highest BCUT2D eigenvalue weighted by Crippen LogP contribution is 2.17. The van der Waals surface area contributed by atoms with Gasteiger partial charge in [0.15, 0.2) is 6.10 Å². The van der Waals surface area contributed by atoms with Gasteiger partial charge in [0.1, 0.15) is 13.2 Å². The van der Waals surface area contributed by atoms with Crippen molar-refractivity contribution in [1.29, 1.82) is 0 Å². The van der Waals surface area contributed by atoms with E-state index >= 15 is 0 Å². The Labute approximate surface area is 453 Å². The first-order chi connectivity index (χ1) is 36.0. The van der Waals surface area contributed by atoms with Crippen LogP contribution < -0.4 is 0 Å². The van der Waals surface area contributed by atoms with Gasteiger partial charge in [0.25, 0.3) is 0 Å². The van der Waals surface area contributed by atoms with Gasteiger partial charge in [-0.25, -0.2) is 0 Å². The van der Waals surface area contributed by atoms with Crippen LogP contribution in [0.3, 0.4) is 0 Å². The van der Waals surface area contributed by atoms with Crippen molar-refractivity contribution in [2.75, 3.05) is 13.2 Å². The van der Waals surface area contributed by atoms with E-state index in [1.54, 1.807) is 0 Å². The second-order valence-electron chi connectivity index (χ2n) is 21.3. The minimum Gasteiger partial charge on any atom is -0.462 e. The third kappa shape index (κ3) is 59.9. The van der Waals surface area contributed by atoms with Gasteiger partial charge < -0.3 is 14.2 Å². The van der Waals surface area contributed by atoms with Gasteiger partial charge >= 0.3 is 17.9 Å². The summed E-state index contributed by atoms with van der Waals surface area (Å²) in [4.78, 5) is 38.3. The van der Waals surface area contributed by atoms with E-state index < -0.39 is 6.10 Å². The van der Waals surface area contributed by atoms with Crippen molar-refractivity contribution < 1.29 is 28.6 Å². The van der Waals surface area contributed by atoms with Crippen molar-refractivity contribution in [2.45, 2.75) is 335 Å². The van der Waals surface area contributed by atoms with Gasteiger partial charge in [0.2, 0.25) is 0 Å². The average molecular weight is 1020 g/mol. The fraction of sp³-hybridized carbons (Fsp3) is 0.806. The molecule has 0 N–H and O–H groups in total. The molecule has 0 radical (unpaired) electrons. The Morgan fingerprint density at radius 1 is 0.274 bits per heavy atom. The number of hydrogen-bond acceptors (Lipinski definition) is 6. The SMILES string of the molecule is CCCCC/C=C\C/C=C\C/C=C\C/C=C\CCCC(=O)OC[C@H](COC(=O)CCCCCCCCCCC/C=C\CCCCCCCC)OC(=O)CCCCCCCCCCCCCCCCCCCCC.